The third-order valence-electron chi connectivity index (χ3n) is 3.94. The highest BCUT2D eigenvalue weighted by Gasteiger charge is 2.17. The fourth-order valence-electron chi connectivity index (χ4n) is 2.55. The number of benzene rings is 2. The Hall–Kier alpha value is -3.20. The molecule has 0 spiro atoms. The lowest BCUT2D eigenvalue weighted by atomic mass is 10.3. The number of halogens is 2. The van der Waals surface area contributed by atoms with E-state index in [9.17, 15) is 13.6 Å². The number of carbonyl (C=O) groups is 1. The Labute approximate surface area is 154 Å². The predicted octanol–water partition coefficient (Wildman–Crippen LogP) is 2.40. The number of nitrogens with one attached hydrogen (secondary N) is 1. The summed E-state index contributed by atoms with van der Waals surface area (Å²) in [5.74, 6) is -1.62. The van der Waals surface area contributed by atoms with E-state index in [0.717, 1.165) is 17.8 Å². The summed E-state index contributed by atoms with van der Waals surface area (Å²) in [4.78, 5) is 14.0. The van der Waals surface area contributed by atoms with E-state index in [1.807, 2.05) is 37.3 Å². The van der Waals surface area contributed by atoms with Crippen LogP contribution in [-0.4, -0.2) is 44.1 Å². The number of rotatable bonds is 7. The topological polar surface area (TPSA) is 75.9 Å². The molecule has 0 radical (unpaired) electrons. The van der Waals surface area contributed by atoms with Gasteiger partial charge in [0.15, 0.2) is 5.82 Å². The number of aromatic nitrogens is 4. The number of nitrogens with zero attached hydrogens (tertiary/aromatic N) is 5. The van der Waals surface area contributed by atoms with Gasteiger partial charge >= 0.3 is 0 Å². The van der Waals surface area contributed by atoms with Gasteiger partial charge < -0.3 is 5.32 Å². The molecule has 0 aliphatic heterocycles. The molecule has 1 aromatic heterocycles. The van der Waals surface area contributed by atoms with Crippen LogP contribution in [0.1, 0.15) is 12.7 Å². The van der Waals surface area contributed by atoms with Crippen LogP contribution in [-0.2, 0) is 11.3 Å². The number of hydrogen-bond acceptors (Lipinski definition) is 5. The molecule has 0 bridgehead atoms. The fraction of sp³-hybridized carbons (Fsp3) is 0.222. The Kier molecular flexibility index (Phi) is 5.82. The summed E-state index contributed by atoms with van der Waals surface area (Å²) in [6, 6.07) is 12.8. The number of carbonyl (C=O) groups excluding carboxylic acids is 1. The van der Waals surface area contributed by atoms with Gasteiger partial charge in [0.2, 0.25) is 5.91 Å². The predicted molar refractivity (Wildman–Crippen MR) is 95.1 cm³/mol. The van der Waals surface area contributed by atoms with E-state index in [1.165, 1.54) is 6.07 Å². The number of hydrogen-bond donors (Lipinski definition) is 1. The Morgan fingerprint density at radius 1 is 1.11 bits per heavy atom. The van der Waals surface area contributed by atoms with Crippen molar-refractivity contribution in [1.82, 2.24) is 25.1 Å². The van der Waals surface area contributed by atoms with E-state index in [-0.39, 0.29) is 6.54 Å². The molecule has 140 valence electrons. The van der Waals surface area contributed by atoms with Gasteiger partial charge in [-0.1, -0.05) is 31.2 Å². The quantitative estimate of drug-likeness (QED) is 0.689. The zero-order valence-electron chi connectivity index (χ0n) is 14.6. The second-order valence-electron chi connectivity index (χ2n) is 5.79. The minimum Gasteiger partial charge on any atom is -0.320 e. The first-order valence-corrected chi connectivity index (χ1v) is 8.37. The Morgan fingerprint density at radius 3 is 2.48 bits per heavy atom. The van der Waals surface area contributed by atoms with Crippen LogP contribution in [0.5, 0.6) is 0 Å². The number of amides is 1. The molecule has 2 aromatic carbocycles. The number of tetrazole rings is 1. The molecule has 1 heterocycles. The molecule has 0 aliphatic rings. The van der Waals surface area contributed by atoms with Crippen molar-refractivity contribution >= 4 is 11.6 Å². The third kappa shape index (κ3) is 4.50. The lowest BCUT2D eigenvalue weighted by molar-refractivity contribution is -0.117. The summed E-state index contributed by atoms with van der Waals surface area (Å²) in [6.45, 7) is 2.62. The van der Waals surface area contributed by atoms with Gasteiger partial charge in [0.05, 0.1) is 18.8 Å². The Bertz CT molecular complexity index is 895. The smallest absolute Gasteiger partial charge is 0.238 e. The van der Waals surface area contributed by atoms with Crippen molar-refractivity contribution in [2.45, 2.75) is 13.5 Å². The van der Waals surface area contributed by atoms with Gasteiger partial charge in [-0.05, 0) is 41.2 Å². The number of likely N-dealkylation sites (N-methyl/N-ethyl adjacent to an activating group) is 1. The maximum absolute atomic E-state index is 13.7. The molecular weight excluding hydrogens is 354 g/mol. The molecule has 3 rings (SSSR count). The van der Waals surface area contributed by atoms with E-state index in [1.54, 1.807) is 9.58 Å². The van der Waals surface area contributed by atoms with Crippen LogP contribution in [0.3, 0.4) is 0 Å². The van der Waals surface area contributed by atoms with Crippen LogP contribution in [0.15, 0.2) is 48.5 Å². The van der Waals surface area contributed by atoms with Crippen LogP contribution in [0.4, 0.5) is 14.5 Å². The van der Waals surface area contributed by atoms with Crippen LogP contribution in [0, 0.1) is 11.6 Å². The van der Waals surface area contributed by atoms with E-state index >= 15 is 0 Å². The summed E-state index contributed by atoms with van der Waals surface area (Å²) in [5, 5.41) is 14.0. The SMILES string of the molecule is CCN(CC(=O)Nc1c(F)cccc1F)Cc1nnnn1-c1ccccc1. The van der Waals surface area contributed by atoms with Crippen molar-refractivity contribution in [3.05, 3.63) is 66.0 Å². The highest BCUT2D eigenvalue weighted by Crippen LogP contribution is 2.18. The average Bonchev–Trinajstić information content (AvgIpc) is 3.13. The summed E-state index contributed by atoms with van der Waals surface area (Å²) < 4.78 is 28.9. The molecule has 0 fully saturated rings. The molecule has 0 aliphatic carbocycles. The monoisotopic (exact) mass is 372 g/mol. The van der Waals surface area contributed by atoms with Crippen molar-refractivity contribution in [3.63, 3.8) is 0 Å². The van der Waals surface area contributed by atoms with Crippen molar-refractivity contribution in [2.75, 3.05) is 18.4 Å². The van der Waals surface area contributed by atoms with Crippen molar-refractivity contribution in [2.24, 2.45) is 0 Å². The molecule has 7 nitrogen and oxygen atoms in total. The minimum atomic E-state index is -0.820. The summed E-state index contributed by atoms with van der Waals surface area (Å²) in [5.41, 5.74) is 0.346. The largest absolute Gasteiger partial charge is 0.320 e. The number of anilines is 1. The zero-order chi connectivity index (χ0) is 19.2. The Balaban J connectivity index is 1.68. The van der Waals surface area contributed by atoms with Gasteiger partial charge in [-0.15, -0.1) is 5.10 Å². The lowest BCUT2D eigenvalue weighted by Gasteiger charge is -2.19. The van der Waals surface area contributed by atoms with Crippen molar-refractivity contribution < 1.29 is 13.6 Å². The van der Waals surface area contributed by atoms with Gasteiger partial charge in [0.25, 0.3) is 0 Å². The molecule has 1 N–H and O–H groups in total. The van der Waals surface area contributed by atoms with Gasteiger partial charge in [0, 0.05) is 0 Å². The third-order valence-corrected chi connectivity index (χ3v) is 3.94. The zero-order valence-corrected chi connectivity index (χ0v) is 14.6. The molecule has 27 heavy (non-hydrogen) atoms. The average molecular weight is 372 g/mol. The number of para-hydroxylation sites is 2. The van der Waals surface area contributed by atoms with E-state index in [4.69, 9.17) is 0 Å². The maximum Gasteiger partial charge on any atom is 0.238 e. The first-order chi connectivity index (χ1) is 13.1. The molecular formula is C18H18F2N6O. The first-order valence-electron chi connectivity index (χ1n) is 8.37. The van der Waals surface area contributed by atoms with Gasteiger partial charge in [0.1, 0.15) is 17.3 Å². The van der Waals surface area contributed by atoms with Crippen LogP contribution in [0.2, 0.25) is 0 Å². The molecule has 0 atom stereocenters. The van der Waals surface area contributed by atoms with Gasteiger partial charge in [-0.2, -0.15) is 4.68 Å². The lowest BCUT2D eigenvalue weighted by Crippen LogP contribution is -2.34. The summed E-state index contributed by atoms with van der Waals surface area (Å²) >= 11 is 0. The first kappa shape index (κ1) is 18.6. The summed E-state index contributed by atoms with van der Waals surface area (Å²) in [6.07, 6.45) is 0. The van der Waals surface area contributed by atoms with Crippen LogP contribution >= 0.6 is 0 Å². The van der Waals surface area contributed by atoms with Crippen LogP contribution < -0.4 is 5.32 Å². The van der Waals surface area contributed by atoms with E-state index in [0.29, 0.717) is 18.9 Å². The molecule has 0 saturated carbocycles. The molecule has 3 aromatic rings. The molecule has 0 saturated heterocycles. The molecule has 9 heteroatoms. The standard InChI is InChI=1S/C18H18F2N6O/c1-2-25(12-17(27)21-18-14(19)9-6-10-15(18)20)11-16-22-23-24-26(16)13-7-4-3-5-8-13/h3-10H,2,11-12H2,1H3,(H,21,27). The minimum absolute atomic E-state index is 0.0636. The molecule has 0 unspecified atom stereocenters. The highest BCUT2D eigenvalue weighted by atomic mass is 19.1. The normalized spacial score (nSPS) is 11.0. The van der Waals surface area contributed by atoms with Gasteiger partial charge in [-0.3, -0.25) is 9.69 Å². The van der Waals surface area contributed by atoms with Crippen molar-refractivity contribution in [1.29, 1.82) is 0 Å². The summed E-state index contributed by atoms with van der Waals surface area (Å²) in [7, 11) is 0. The van der Waals surface area contributed by atoms with E-state index < -0.39 is 23.2 Å². The fourth-order valence-corrected chi connectivity index (χ4v) is 2.55. The van der Waals surface area contributed by atoms with Crippen molar-refractivity contribution in [3.8, 4) is 5.69 Å². The Morgan fingerprint density at radius 2 is 1.81 bits per heavy atom. The maximum atomic E-state index is 13.7. The second kappa shape index (κ2) is 8.45. The molecule has 1 amide bonds. The van der Waals surface area contributed by atoms with Crippen LogP contribution in [0.25, 0.3) is 5.69 Å². The second-order valence-corrected chi connectivity index (χ2v) is 5.79. The van der Waals surface area contributed by atoms with E-state index in [2.05, 4.69) is 20.8 Å². The highest BCUT2D eigenvalue weighted by molar-refractivity contribution is 5.92. The van der Waals surface area contributed by atoms with Gasteiger partial charge in [-0.25, -0.2) is 8.78 Å².